The average molecular weight is 341 g/mol. The third-order valence-corrected chi connectivity index (χ3v) is 5.53. The first-order valence-corrected chi connectivity index (χ1v) is 9.91. The highest BCUT2D eigenvalue weighted by atomic mass is 32.2. The van der Waals surface area contributed by atoms with E-state index in [1.807, 2.05) is 12.1 Å². The molecular weight excluding hydrogens is 314 g/mol. The predicted octanol–water partition coefficient (Wildman–Crippen LogP) is 2.68. The second-order valence-electron chi connectivity index (χ2n) is 6.21. The Labute approximate surface area is 139 Å². The molecule has 0 aromatic heterocycles. The Bertz CT molecular complexity index is 583. The number of rotatable bonds is 7. The van der Waals surface area contributed by atoms with Crippen molar-refractivity contribution in [2.45, 2.75) is 51.7 Å². The lowest BCUT2D eigenvalue weighted by Gasteiger charge is -2.31. The molecule has 1 aromatic carbocycles. The average Bonchev–Trinajstić information content (AvgIpc) is 2.54. The molecule has 0 amide bonds. The number of sulfonamides is 1. The molecule has 1 saturated heterocycles. The Kier molecular flexibility index (Phi) is 6.44. The highest BCUT2D eigenvalue weighted by molar-refractivity contribution is 7.89. The van der Waals surface area contributed by atoms with E-state index < -0.39 is 10.0 Å². The molecule has 0 saturated carbocycles. The summed E-state index contributed by atoms with van der Waals surface area (Å²) in [5, 5.41) is 0. The van der Waals surface area contributed by atoms with Crippen LogP contribution in [0.2, 0.25) is 0 Å². The summed E-state index contributed by atoms with van der Waals surface area (Å²) >= 11 is 0. The van der Waals surface area contributed by atoms with Gasteiger partial charge in [0, 0.05) is 6.61 Å². The molecule has 6 heteroatoms. The molecule has 1 N–H and O–H groups in total. The van der Waals surface area contributed by atoms with Crippen LogP contribution in [0.15, 0.2) is 24.3 Å². The zero-order chi connectivity index (χ0) is 16.9. The molecule has 0 radical (unpaired) electrons. The van der Waals surface area contributed by atoms with Gasteiger partial charge in [0.05, 0.1) is 11.8 Å². The Morgan fingerprint density at radius 2 is 2.00 bits per heavy atom. The van der Waals surface area contributed by atoms with E-state index in [-0.39, 0.29) is 17.9 Å². The van der Waals surface area contributed by atoms with Crippen molar-refractivity contribution in [3.63, 3.8) is 0 Å². The zero-order valence-corrected chi connectivity index (χ0v) is 14.9. The fourth-order valence-corrected chi connectivity index (χ4v) is 3.48. The Morgan fingerprint density at radius 3 is 2.61 bits per heavy atom. The van der Waals surface area contributed by atoms with Gasteiger partial charge in [0.1, 0.15) is 18.5 Å². The topological polar surface area (TPSA) is 64.6 Å². The van der Waals surface area contributed by atoms with Crippen LogP contribution in [-0.2, 0) is 14.8 Å². The predicted molar refractivity (Wildman–Crippen MR) is 91.4 cm³/mol. The number of ether oxygens (including phenoxy) is 2. The van der Waals surface area contributed by atoms with E-state index in [1.54, 1.807) is 6.92 Å². The molecule has 1 aliphatic rings. The minimum absolute atomic E-state index is 0.0771. The summed E-state index contributed by atoms with van der Waals surface area (Å²) in [6.07, 6.45) is 1.38. The van der Waals surface area contributed by atoms with Gasteiger partial charge < -0.3 is 9.47 Å². The molecule has 2 rings (SSSR count). The molecule has 0 bridgehead atoms. The van der Waals surface area contributed by atoms with Crippen LogP contribution in [0.1, 0.15) is 45.1 Å². The molecule has 0 spiro atoms. The van der Waals surface area contributed by atoms with Gasteiger partial charge in [0.15, 0.2) is 0 Å². The molecule has 23 heavy (non-hydrogen) atoms. The minimum Gasteiger partial charge on any atom is -0.491 e. The highest BCUT2D eigenvalue weighted by Crippen LogP contribution is 2.20. The first kappa shape index (κ1) is 18.2. The summed E-state index contributed by atoms with van der Waals surface area (Å²) in [7, 11) is -3.24. The molecule has 0 aliphatic carbocycles. The Morgan fingerprint density at radius 1 is 1.30 bits per heavy atom. The maximum atomic E-state index is 11.8. The van der Waals surface area contributed by atoms with Crippen molar-refractivity contribution in [2.24, 2.45) is 0 Å². The summed E-state index contributed by atoms with van der Waals surface area (Å²) in [5.41, 5.74) is 1.26. The van der Waals surface area contributed by atoms with Crippen molar-refractivity contribution in [1.29, 1.82) is 0 Å². The SMILES string of the molecule is CCS(=O)(=O)NC1CCCOC1COc1ccc(C(C)C)cc1. The molecule has 1 aliphatic heterocycles. The van der Waals surface area contributed by atoms with Gasteiger partial charge in [0.2, 0.25) is 10.0 Å². The first-order chi connectivity index (χ1) is 10.9. The van der Waals surface area contributed by atoms with E-state index in [0.29, 0.717) is 19.1 Å². The van der Waals surface area contributed by atoms with Crippen LogP contribution < -0.4 is 9.46 Å². The van der Waals surface area contributed by atoms with Crippen LogP contribution in [0.4, 0.5) is 0 Å². The van der Waals surface area contributed by atoms with Gasteiger partial charge in [-0.1, -0.05) is 26.0 Å². The van der Waals surface area contributed by atoms with Crippen molar-refractivity contribution in [1.82, 2.24) is 4.72 Å². The lowest BCUT2D eigenvalue weighted by molar-refractivity contribution is -0.0279. The van der Waals surface area contributed by atoms with Crippen LogP contribution in [-0.4, -0.2) is 39.5 Å². The number of hydrogen-bond donors (Lipinski definition) is 1. The third kappa shape index (κ3) is 5.48. The maximum absolute atomic E-state index is 11.8. The lowest BCUT2D eigenvalue weighted by atomic mass is 10.0. The normalized spacial score (nSPS) is 22.3. The number of nitrogens with one attached hydrogen (secondary N) is 1. The van der Waals surface area contributed by atoms with Gasteiger partial charge in [-0.15, -0.1) is 0 Å². The number of hydrogen-bond acceptors (Lipinski definition) is 4. The smallest absolute Gasteiger partial charge is 0.211 e. The maximum Gasteiger partial charge on any atom is 0.211 e. The molecule has 1 fully saturated rings. The molecule has 1 heterocycles. The van der Waals surface area contributed by atoms with Gasteiger partial charge in [-0.05, 0) is 43.4 Å². The van der Waals surface area contributed by atoms with Gasteiger partial charge in [-0.3, -0.25) is 0 Å². The monoisotopic (exact) mass is 341 g/mol. The van der Waals surface area contributed by atoms with Crippen LogP contribution >= 0.6 is 0 Å². The van der Waals surface area contributed by atoms with Crippen molar-refractivity contribution in [3.8, 4) is 5.75 Å². The van der Waals surface area contributed by atoms with Crippen molar-refractivity contribution in [3.05, 3.63) is 29.8 Å². The fraction of sp³-hybridized carbons (Fsp3) is 0.647. The fourth-order valence-electron chi connectivity index (χ4n) is 2.58. The van der Waals surface area contributed by atoms with Crippen molar-refractivity contribution >= 4 is 10.0 Å². The summed E-state index contributed by atoms with van der Waals surface area (Å²) < 4.78 is 37.8. The second-order valence-corrected chi connectivity index (χ2v) is 8.26. The van der Waals surface area contributed by atoms with Crippen molar-refractivity contribution < 1.29 is 17.9 Å². The van der Waals surface area contributed by atoms with E-state index in [0.717, 1.165) is 18.6 Å². The van der Waals surface area contributed by atoms with Gasteiger partial charge in [-0.25, -0.2) is 13.1 Å². The van der Waals surface area contributed by atoms with Gasteiger partial charge in [-0.2, -0.15) is 0 Å². The quantitative estimate of drug-likeness (QED) is 0.828. The van der Waals surface area contributed by atoms with E-state index in [2.05, 4.69) is 30.7 Å². The van der Waals surface area contributed by atoms with Gasteiger partial charge in [0.25, 0.3) is 0 Å². The van der Waals surface area contributed by atoms with E-state index in [1.165, 1.54) is 5.56 Å². The molecule has 130 valence electrons. The number of benzene rings is 1. The molecule has 2 atom stereocenters. The minimum atomic E-state index is -3.24. The first-order valence-electron chi connectivity index (χ1n) is 8.25. The standard InChI is InChI=1S/C17H27NO4S/c1-4-23(19,20)18-16-6-5-11-21-17(16)12-22-15-9-7-14(8-10-15)13(2)3/h7-10,13,16-18H,4-6,11-12H2,1-3H3. The summed E-state index contributed by atoms with van der Waals surface area (Å²) in [5.74, 6) is 1.34. The molecule has 1 aromatic rings. The summed E-state index contributed by atoms with van der Waals surface area (Å²) in [4.78, 5) is 0. The second kappa shape index (κ2) is 8.13. The van der Waals surface area contributed by atoms with Crippen LogP contribution in [0, 0.1) is 0 Å². The highest BCUT2D eigenvalue weighted by Gasteiger charge is 2.29. The van der Waals surface area contributed by atoms with Crippen molar-refractivity contribution in [2.75, 3.05) is 19.0 Å². The van der Waals surface area contributed by atoms with E-state index in [4.69, 9.17) is 9.47 Å². The summed E-state index contributed by atoms with van der Waals surface area (Å²) in [6.45, 7) is 6.92. The van der Waals surface area contributed by atoms with Crippen LogP contribution in [0.5, 0.6) is 5.75 Å². The Hall–Kier alpha value is -1.11. The van der Waals surface area contributed by atoms with Crippen LogP contribution in [0.3, 0.4) is 0 Å². The molecule has 2 unspecified atom stereocenters. The summed E-state index contributed by atoms with van der Waals surface area (Å²) in [6, 6.07) is 7.79. The van der Waals surface area contributed by atoms with E-state index in [9.17, 15) is 8.42 Å². The third-order valence-electron chi connectivity index (χ3n) is 4.11. The molecule has 5 nitrogen and oxygen atoms in total. The van der Waals surface area contributed by atoms with Crippen LogP contribution in [0.25, 0.3) is 0 Å². The lowest BCUT2D eigenvalue weighted by Crippen LogP contribution is -2.49. The largest absolute Gasteiger partial charge is 0.491 e. The van der Waals surface area contributed by atoms with E-state index >= 15 is 0 Å². The zero-order valence-electron chi connectivity index (χ0n) is 14.1. The van der Waals surface area contributed by atoms with Gasteiger partial charge >= 0.3 is 0 Å². The molecular formula is C17H27NO4S. The Balaban J connectivity index is 1.94.